The molecule has 1 aromatic carbocycles. The minimum Gasteiger partial charge on any atom is -0.287 e. The molecule has 0 fully saturated rings. The highest BCUT2D eigenvalue weighted by Crippen LogP contribution is 2.12. The van der Waals surface area contributed by atoms with E-state index in [1.165, 1.54) is 4.57 Å². The van der Waals surface area contributed by atoms with Crippen molar-refractivity contribution in [1.29, 1.82) is 0 Å². The van der Waals surface area contributed by atoms with Crippen molar-refractivity contribution in [1.82, 2.24) is 19.1 Å². The second-order valence-electron chi connectivity index (χ2n) is 6.11. The summed E-state index contributed by atoms with van der Waals surface area (Å²) in [5.74, 6) is 0. The van der Waals surface area contributed by atoms with Gasteiger partial charge in [0.05, 0.1) is 18.6 Å². The quantitative estimate of drug-likeness (QED) is 0.547. The molecule has 4 rings (SSSR count). The molecule has 0 radical (unpaired) electrons. The van der Waals surface area contributed by atoms with E-state index in [4.69, 9.17) is 11.6 Å². The first kappa shape index (κ1) is 17.2. The summed E-state index contributed by atoms with van der Waals surface area (Å²) in [5, 5.41) is 0.625. The Morgan fingerprint density at radius 2 is 1.48 bits per heavy atom. The van der Waals surface area contributed by atoms with Crippen LogP contribution in [0.1, 0.15) is 11.1 Å². The smallest absolute Gasteiger partial charge is 0.287 e. The highest BCUT2D eigenvalue weighted by atomic mass is 35.5. The lowest BCUT2D eigenvalue weighted by Crippen LogP contribution is -2.40. The molecule has 3 heterocycles. The molecule has 0 bridgehead atoms. The minimum atomic E-state index is -0.403. The maximum Gasteiger partial charge on any atom is 0.332 e. The van der Waals surface area contributed by atoms with Gasteiger partial charge in [0.25, 0.3) is 5.56 Å². The SMILES string of the molecule is O=c1c2ncccc2n(Cc2ccc(Cl)cc2)c(=O)n1Cc1ccncc1. The largest absolute Gasteiger partial charge is 0.332 e. The standard InChI is InChI=1S/C20H15ClN4O2/c21-16-5-3-14(4-6-16)12-24-17-2-1-9-23-18(17)19(26)25(20(24)27)13-15-7-10-22-11-8-15/h1-11H,12-13H2. The van der Waals surface area contributed by atoms with Crippen LogP contribution in [-0.2, 0) is 13.1 Å². The minimum absolute atomic E-state index is 0.160. The Labute approximate surface area is 159 Å². The molecule has 0 aliphatic heterocycles. The van der Waals surface area contributed by atoms with Crippen LogP contribution in [0.4, 0.5) is 0 Å². The number of rotatable bonds is 4. The van der Waals surface area contributed by atoms with Crippen molar-refractivity contribution in [3.63, 3.8) is 0 Å². The fraction of sp³-hybridized carbons (Fsp3) is 0.100. The van der Waals surface area contributed by atoms with Crippen LogP contribution in [-0.4, -0.2) is 19.1 Å². The van der Waals surface area contributed by atoms with Gasteiger partial charge < -0.3 is 0 Å². The molecule has 7 heteroatoms. The molecule has 27 heavy (non-hydrogen) atoms. The Bertz CT molecular complexity index is 1210. The average molecular weight is 379 g/mol. The van der Waals surface area contributed by atoms with Gasteiger partial charge in [-0.3, -0.25) is 18.9 Å². The van der Waals surface area contributed by atoms with Crippen molar-refractivity contribution in [2.24, 2.45) is 0 Å². The summed E-state index contributed by atoms with van der Waals surface area (Å²) >= 11 is 5.95. The second-order valence-corrected chi connectivity index (χ2v) is 6.55. The molecule has 4 aromatic rings. The van der Waals surface area contributed by atoms with Crippen LogP contribution in [0.2, 0.25) is 5.02 Å². The average Bonchev–Trinajstić information content (AvgIpc) is 2.71. The molecular weight excluding hydrogens is 364 g/mol. The molecular formula is C20H15ClN4O2. The third-order valence-corrected chi connectivity index (χ3v) is 4.58. The third-order valence-electron chi connectivity index (χ3n) is 4.33. The molecule has 0 aliphatic carbocycles. The molecule has 0 amide bonds. The van der Waals surface area contributed by atoms with Crippen LogP contribution in [0, 0.1) is 0 Å². The van der Waals surface area contributed by atoms with Crippen LogP contribution < -0.4 is 11.2 Å². The molecule has 0 spiro atoms. The molecule has 0 N–H and O–H groups in total. The number of pyridine rings is 2. The van der Waals surface area contributed by atoms with E-state index in [-0.39, 0.29) is 17.8 Å². The summed E-state index contributed by atoms with van der Waals surface area (Å²) in [6.45, 7) is 0.474. The molecule has 0 atom stereocenters. The molecule has 0 aliphatic rings. The van der Waals surface area contributed by atoms with E-state index in [0.29, 0.717) is 17.1 Å². The second kappa shape index (κ2) is 7.17. The van der Waals surface area contributed by atoms with E-state index in [9.17, 15) is 9.59 Å². The number of fused-ring (bicyclic) bond motifs is 1. The lowest BCUT2D eigenvalue weighted by atomic mass is 10.2. The van der Waals surface area contributed by atoms with E-state index in [1.807, 2.05) is 12.1 Å². The molecule has 0 saturated carbocycles. The number of hydrogen-bond acceptors (Lipinski definition) is 4. The van der Waals surface area contributed by atoms with Crippen LogP contribution in [0.15, 0.2) is 76.7 Å². The Morgan fingerprint density at radius 3 is 2.22 bits per heavy atom. The van der Waals surface area contributed by atoms with Crippen molar-refractivity contribution < 1.29 is 0 Å². The Balaban J connectivity index is 1.90. The van der Waals surface area contributed by atoms with Crippen LogP contribution in [0.3, 0.4) is 0 Å². The lowest BCUT2D eigenvalue weighted by molar-refractivity contribution is 0.633. The normalized spacial score (nSPS) is 11.0. The van der Waals surface area contributed by atoms with Crippen LogP contribution >= 0.6 is 11.6 Å². The van der Waals surface area contributed by atoms with E-state index in [2.05, 4.69) is 9.97 Å². The van der Waals surface area contributed by atoms with Gasteiger partial charge in [0.2, 0.25) is 0 Å². The number of halogens is 1. The fourth-order valence-electron chi connectivity index (χ4n) is 2.98. The third kappa shape index (κ3) is 3.39. The summed E-state index contributed by atoms with van der Waals surface area (Å²) in [6, 6.07) is 14.3. The molecule has 6 nitrogen and oxygen atoms in total. The Kier molecular flexibility index (Phi) is 4.56. The highest BCUT2D eigenvalue weighted by Gasteiger charge is 2.14. The van der Waals surface area contributed by atoms with Crippen molar-refractivity contribution in [3.8, 4) is 0 Å². The van der Waals surface area contributed by atoms with Gasteiger partial charge in [-0.25, -0.2) is 9.78 Å². The Morgan fingerprint density at radius 1 is 0.815 bits per heavy atom. The predicted octanol–water partition coefficient (Wildman–Crippen LogP) is 2.70. The van der Waals surface area contributed by atoms with E-state index >= 15 is 0 Å². The summed E-state index contributed by atoms with van der Waals surface area (Å²) in [6.07, 6.45) is 4.81. The zero-order chi connectivity index (χ0) is 18.8. The molecule has 134 valence electrons. The van der Waals surface area contributed by atoms with Gasteiger partial charge in [-0.05, 0) is 47.5 Å². The number of aromatic nitrogens is 4. The van der Waals surface area contributed by atoms with Gasteiger partial charge in [-0.1, -0.05) is 23.7 Å². The zero-order valence-corrected chi connectivity index (χ0v) is 15.0. The van der Waals surface area contributed by atoms with Gasteiger partial charge >= 0.3 is 5.69 Å². The first-order valence-electron chi connectivity index (χ1n) is 8.35. The number of hydrogen-bond donors (Lipinski definition) is 0. The highest BCUT2D eigenvalue weighted by molar-refractivity contribution is 6.30. The van der Waals surface area contributed by atoms with Gasteiger partial charge in [-0.2, -0.15) is 0 Å². The van der Waals surface area contributed by atoms with E-state index < -0.39 is 5.56 Å². The lowest BCUT2D eigenvalue weighted by Gasteiger charge is -2.14. The maximum absolute atomic E-state index is 13.1. The summed E-state index contributed by atoms with van der Waals surface area (Å²) in [7, 11) is 0. The predicted molar refractivity (Wildman–Crippen MR) is 104 cm³/mol. The topological polar surface area (TPSA) is 69.8 Å². The molecule has 0 saturated heterocycles. The van der Waals surface area contributed by atoms with Crippen molar-refractivity contribution in [2.45, 2.75) is 13.1 Å². The first-order valence-corrected chi connectivity index (χ1v) is 8.73. The monoisotopic (exact) mass is 378 g/mol. The van der Waals surface area contributed by atoms with Gasteiger partial charge in [-0.15, -0.1) is 0 Å². The van der Waals surface area contributed by atoms with Crippen LogP contribution in [0.25, 0.3) is 11.0 Å². The van der Waals surface area contributed by atoms with Crippen molar-refractivity contribution >= 4 is 22.6 Å². The summed E-state index contributed by atoms with van der Waals surface area (Å²) < 4.78 is 2.77. The van der Waals surface area contributed by atoms with Crippen molar-refractivity contribution in [3.05, 3.63) is 104 Å². The zero-order valence-electron chi connectivity index (χ0n) is 14.2. The van der Waals surface area contributed by atoms with Gasteiger partial charge in [0.1, 0.15) is 0 Å². The fourth-order valence-corrected chi connectivity index (χ4v) is 3.10. The van der Waals surface area contributed by atoms with E-state index in [1.54, 1.807) is 59.6 Å². The summed E-state index contributed by atoms with van der Waals surface area (Å²) in [4.78, 5) is 34.2. The summed E-state index contributed by atoms with van der Waals surface area (Å²) in [5.41, 5.74) is 1.71. The molecule has 0 unspecified atom stereocenters. The van der Waals surface area contributed by atoms with Gasteiger partial charge in [0, 0.05) is 23.6 Å². The number of benzene rings is 1. The Hall–Kier alpha value is -3.25. The molecule has 3 aromatic heterocycles. The number of nitrogens with zero attached hydrogens (tertiary/aromatic N) is 4. The van der Waals surface area contributed by atoms with Crippen molar-refractivity contribution in [2.75, 3.05) is 0 Å². The van der Waals surface area contributed by atoms with E-state index in [0.717, 1.165) is 11.1 Å². The van der Waals surface area contributed by atoms with Gasteiger partial charge in [0.15, 0.2) is 5.52 Å². The maximum atomic E-state index is 13.1. The first-order chi connectivity index (χ1) is 13.1. The van der Waals surface area contributed by atoms with Crippen LogP contribution in [0.5, 0.6) is 0 Å².